The van der Waals surface area contributed by atoms with Crippen molar-refractivity contribution in [3.05, 3.63) is 66.5 Å². The summed E-state index contributed by atoms with van der Waals surface area (Å²) >= 11 is 0. The molecule has 0 spiro atoms. The summed E-state index contributed by atoms with van der Waals surface area (Å²) in [5.41, 5.74) is 2.23. The van der Waals surface area contributed by atoms with Crippen molar-refractivity contribution in [2.45, 2.75) is 0 Å². The minimum absolute atomic E-state index is 0. The van der Waals surface area contributed by atoms with Crippen LogP contribution in [0.4, 0.5) is 0 Å². The van der Waals surface area contributed by atoms with Gasteiger partial charge in [0.2, 0.25) is 0 Å². The summed E-state index contributed by atoms with van der Waals surface area (Å²) < 4.78 is 0. The van der Waals surface area contributed by atoms with Crippen LogP contribution in [0.1, 0.15) is 10.4 Å². The number of H-pyrrole nitrogens is 1. The third kappa shape index (κ3) is 4.25. The molecule has 0 aliphatic rings. The van der Waals surface area contributed by atoms with Crippen LogP contribution < -0.4 is 5.11 Å². The summed E-state index contributed by atoms with van der Waals surface area (Å²) in [5, 5.41) is 10.1. The minimum atomic E-state index is -1.13. The van der Waals surface area contributed by atoms with Crippen molar-refractivity contribution in [2.24, 2.45) is 0 Å². The largest absolute Gasteiger partial charge is 2.00 e. The molecule has 1 aromatic heterocycles. The number of carboxylic acid groups (broad SMARTS) is 1. The number of nitrogens with zero attached hydrogens (tertiary/aromatic N) is 1. The number of benzene rings is 2. The van der Waals surface area contributed by atoms with E-state index in [-0.39, 0.29) is 22.6 Å². The van der Waals surface area contributed by atoms with E-state index in [0.717, 1.165) is 11.0 Å². The van der Waals surface area contributed by atoms with Gasteiger partial charge in [-0.15, -0.1) is 12.1 Å². The quantitative estimate of drug-likeness (QED) is 0.546. The van der Waals surface area contributed by atoms with E-state index in [9.17, 15) is 9.90 Å². The number of rotatable bonds is 1. The molecule has 1 heterocycles. The number of carboxylic acids is 1. The van der Waals surface area contributed by atoms with E-state index >= 15 is 0 Å². The number of carbonyl (C=O) groups excluding carboxylic acids is 1. The Morgan fingerprint density at radius 2 is 1.68 bits per heavy atom. The Hall–Kier alpha value is -2.10. The zero-order valence-electron chi connectivity index (χ0n) is 9.76. The molecule has 1 N–H and O–H groups in total. The molecule has 2 aromatic carbocycles. The van der Waals surface area contributed by atoms with Crippen LogP contribution in [0.25, 0.3) is 11.0 Å². The maximum absolute atomic E-state index is 10.1. The van der Waals surface area contributed by atoms with Gasteiger partial charge in [-0.1, -0.05) is 53.5 Å². The van der Waals surface area contributed by atoms with Crippen LogP contribution >= 0.6 is 0 Å². The Kier molecular flexibility index (Phi) is 5.79. The first-order chi connectivity index (χ1) is 8.77. The van der Waals surface area contributed by atoms with Gasteiger partial charge in [0.15, 0.2) is 0 Å². The molecule has 0 aliphatic heterocycles. The van der Waals surface area contributed by atoms with Crippen molar-refractivity contribution < 1.29 is 27.0 Å². The van der Waals surface area contributed by atoms with E-state index in [1.54, 1.807) is 18.2 Å². The zero-order chi connectivity index (χ0) is 12.8. The van der Waals surface area contributed by atoms with Crippen molar-refractivity contribution >= 4 is 17.0 Å². The van der Waals surface area contributed by atoms with Gasteiger partial charge in [0.1, 0.15) is 0 Å². The molecule has 0 aliphatic carbocycles. The van der Waals surface area contributed by atoms with Crippen molar-refractivity contribution in [3.63, 3.8) is 0 Å². The summed E-state index contributed by atoms with van der Waals surface area (Å²) in [6.07, 6.45) is 2.66. The molecule has 0 atom stereocenters. The smallest absolute Gasteiger partial charge is 0.545 e. The molecule has 5 heteroatoms. The van der Waals surface area contributed by atoms with Gasteiger partial charge in [0.05, 0.1) is 5.97 Å². The van der Waals surface area contributed by atoms with Crippen LogP contribution in [0, 0.1) is 6.33 Å². The summed E-state index contributed by atoms with van der Waals surface area (Å²) in [5.74, 6) is -1.13. The third-order valence-electron chi connectivity index (χ3n) is 2.28. The second-order valence-electron chi connectivity index (χ2n) is 3.52. The average Bonchev–Trinajstić information content (AvgIpc) is 2.89. The molecule has 3 aromatic rings. The predicted octanol–water partition coefficient (Wildman–Crippen LogP) is 1.41. The zero-order valence-corrected chi connectivity index (χ0v) is 10.7. The van der Waals surface area contributed by atoms with E-state index in [2.05, 4.69) is 16.3 Å². The first-order valence-electron chi connectivity index (χ1n) is 5.34. The summed E-state index contributed by atoms with van der Waals surface area (Å²) in [6.45, 7) is 0. The van der Waals surface area contributed by atoms with Gasteiger partial charge in [-0.3, -0.25) is 0 Å². The maximum Gasteiger partial charge on any atom is 2.00 e. The monoisotopic (exact) mass is 301 g/mol. The Bertz CT molecular complexity index is 608. The van der Waals surface area contributed by atoms with Gasteiger partial charge >= 0.3 is 17.1 Å². The molecule has 0 unspecified atom stereocenters. The molecule has 1 radical (unpaired) electrons. The Morgan fingerprint density at radius 3 is 2.26 bits per heavy atom. The van der Waals surface area contributed by atoms with E-state index in [1.807, 2.05) is 24.3 Å². The first kappa shape index (κ1) is 15.0. The number of fused-ring (bicyclic) bond motifs is 1. The maximum atomic E-state index is 10.1. The van der Waals surface area contributed by atoms with E-state index in [1.165, 1.54) is 12.1 Å². The fourth-order valence-electron chi connectivity index (χ4n) is 1.40. The Labute approximate surface area is 121 Å². The van der Waals surface area contributed by atoms with Crippen molar-refractivity contribution in [1.29, 1.82) is 0 Å². The number of para-hydroxylation sites is 2. The van der Waals surface area contributed by atoms with E-state index in [4.69, 9.17) is 0 Å². The van der Waals surface area contributed by atoms with Gasteiger partial charge < -0.3 is 19.9 Å². The minimum Gasteiger partial charge on any atom is -0.545 e. The molecule has 4 nitrogen and oxygen atoms in total. The molecular formula is C14H10CuN2O2. The van der Waals surface area contributed by atoms with Crippen LogP contribution in [0.2, 0.25) is 0 Å². The number of aromatic nitrogens is 2. The summed E-state index contributed by atoms with van der Waals surface area (Å²) in [6, 6.07) is 15.9. The van der Waals surface area contributed by atoms with Gasteiger partial charge in [-0.2, -0.15) is 0 Å². The molecule has 0 amide bonds. The van der Waals surface area contributed by atoms with Crippen LogP contribution in [-0.2, 0) is 17.1 Å². The second kappa shape index (κ2) is 7.36. The van der Waals surface area contributed by atoms with Gasteiger partial charge in [-0.05, 0) is 11.9 Å². The fourth-order valence-corrected chi connectivity index (χ4v) is 1.40. The number of carbonyl (C=O) groups is 1. The van der Waals surface area contributed by atoms with Crippen LogP contribution in [0.5, 0.6) is 0 Å². The summed E-state index contributed by atoms with van der Waals surface area (Å²) in [7, 11) is 0. The molecule has 99 valence electrons. The summed E-state index contributed by atoms with van der Waals surface area (Å²) in [4.78, 5) is 16.9. The van der Waals surface area contributed by atoms with Crippen molar-refractivity contribution in [2.75, 3.05) is 0 Å². The Morgan fingerprint density at radius 1 is 1.05 bits per heavy atom. The molecule has 0 bridgehead atoms. The van der Waals surface area contributed by atoms with Gasteiger partial charge in [-0.25, -0.2) is 0 Å². The number of nitrogens with one attached hydrogen (secondary N) is 1. The van der Waals surface area contributed by atoms with Crippen molar-refractivity contribution in [3.8, 4) is 0 Å². The fraction of sp³-hybridized carbons (Fsp3) is 0. The van der Waals surface area contributed by atoms with E-state index in [0.29, 0.717) is 0 Å². The predicted molar refractivity (Wildman–Crippen MR) is 65.7 cm³/mol. The standard InChI is InChI=1S/C7H5N2.C7H6O2.Cu/c1-2-4-7-6(3-1)8-5-9-7;8-7(9)6-4-2-1-3-5-6;/h1-4H,(H,8,9);1-5H,(H,8,9);/q-1;;+2/p-1. The van der Waals surface area contributed by atoms with Crippen molar-refractivity contribution in [1.82, 2.24) is 9.97 Å². The first-order valence-corrected chi connectivity index (χ1v) is 5.34. The number of imidazole rings is 1. The second-order valence-corrected chi connectivity index (χ2v) is 3.52. The number of aromatic amines is 1. The normalized spacial score (nSPS) is 9.05. The molecule has 0 saturated heterocycles. The molecule has 0 fully saturated rings. The SMILES string of the molecule is O=C([O-])c1ccccc1.[Cu+2].[c-]1nc2ccccc2[nH]1. The third-order valence-corrected chi connectivity index (χ3v) is 2.28. The molecule has 3 rings (SSSR count). The Balaban J connectivity index is 0.000000180. The van der Waals surface area contributed by atoms with Crippen LogP contribution in [-0.4, -0.2) is 15.9 Å². The number of hydrogen-bond acceptors (Lipinski definition) is 3. The number of aromatic carboxylic acids is 1. The topological polar surface area (TPSA) is 68.8 Å². The van der Waals surface area contributed by atoms with Crippen LogP contribution in [0.15, 0.2) is 54.6 Å². The average molecular weight is 302 g/mol. The van der Waals surface area contributed by atoms with Gasteiger partial charge in [0, 0.05) is 0 Å². The molecule has 0 saturated carbocycles. The van der Waals surface area contributed by atoms with Gasteiger partial charge in [0.25, 0.3) is 0 Å². The van der Waals surface area contributed by atoms with E-state index < -0.39 is 5.97 Å². The number of hydrogen-bond donors (Lipinski definition) is 1. The van der Waals surface area contributed by atoms with Crippen LogP contribution in [0.3, 0.4) is 0 Å². The molecular weight excluding hydrogens is 292 g/mol. The molecule has 19 heavy (non-hydrogen) atoms.